The maximum Gasteiger partial charge on any atom is 0.222 e. The van der Waals surface area contributed by atoms with Gasteiger partial charge in [0.15, 0.2) is 5.65 Å². The topological polar surface area (TPSA) is 67.2 Å². The lowest BCUT2D eigenvalue weighted by atomic mass is 10.1. The van der Waals surface area contributed by atoms with Crippen LogP contribution in [0.2, 0.25) is 5.02 Å². The molecule has 4 rings (SSSR count). The third kappa shape index (κ3) is 4.34. The lowest BCUT2D eigenvalue weighted by Gasteiger charge is -2.35. The first-order valence-electron chi connectivity index (χ1n) is 9.95. The van der Waals surface area contributed by atoms with E-state index in [1.54, 1.807) is 4.68 Å². The molecule has 2 aromatic heterocycles. The molecule has 0 bridgehead atoms. The van der Waals surface area contributed by atoms with Gasteiger partial charge < -0.3 is 9.80 Å². The van der Waals surface area contributed by atoms with E-state index in [4.69, 9.17) is 11.6 Å². The summed E-state index contributed by atoms with van der Waals surface area (Å²) in [6, 6.07) is 7.83. The summed E-state index contributed by atoms with van der Waals surface area (Å²) >= 11 is 5.92. The van der Waals surface area contributed by atoms with E-state index in [9.17, 15) is 4.79 Å². The molecule has 1 amide bonds. The van der Waals surface area contributed by atoms with Crippen molar-refractivity contribution in [1.29, 1.82) is 0 Å². The average molecular weight is 413 g/mol. The molecule has 3 aromatic rings. The lowest BCUT2D eigenvalue weighted by molar-refractivity contribution is -0.131. The highest BCUT2D eigenvalue weighted by molar-refractivity contribution is 6.30. The van der Waals surface area contributed by atoms with Crippen molar-refractivity contribution < 1.29 is 4.79 Å². The third-order valence-corrected chi connectivity index (χ3v) is 5.64. The molecule has 7 nitrogen and oxygen atoms in total. The van der Waals surface area contributed by atoms with E-state index < -0.39 is 0 Å². The highest BCUT2D eigenvalue weighted by Crippen LogP contribution is 2.24. The number of benzene rings is 1. The quantitative estimate of drug-likeness (QED) is 0.644. The van der Waals surface area contributed by atoms with Gasteiger partial charge in [0.2, 0.25) is 5.91 Å². The van der Waals surface area contributed by atoms with Crippen LogP contribution in [0.5, 0.6) is 0 Å². The SMILES string of the molecule is Cc1nc(N2CCN(C(=O)CCCc3ccc(Cl)cc3)CC2)c2cnn(C)c2n1. The zero-order chi connectivity index (χ0) is 20.4. The van der Waals surface area contributed by atoms with Crippen molar-refractivity contribution in [3.8, 4) is 0 Å². The van der Waals surface area contributed by atoms with Crippen LogP contribution in [0, 0.1) is 6.92 Å². The number of carbonyl (C=O) groups excluding carboxylic acids is 1. The number of rotatable bonds is 5. The standard InChI is InChI=1S/C21H25ClN6O/c1-15-24-20-18(14-23-26(20)2)21(25-15)28-12-10-27(11-13-28)19(29)5-3-4-16-6-8-17(22)9-7-16/h6-9,14H,3-5,10-13H2,1-2H3. The second-order valence-electron chi connectivity index (χ2n) is 7.45. The summed E-state index contributed by atoms with van der Waals surface area (Å²) in [6.07, 6.45) is 4.13. The predicted octanol–water partition coefficient (Wildman–Crippen LogP) is 3.00. The molecule has 0 saturated carbocycles. The van der Waals surface area contributed by atoms with Gasteiger partial charge in [-0.3, -0.25) is 9.48 Å². The van der Waals surface area contributed by atoms with Crippen molar-refractivity contribution in [1.82, 2.24) is 24.6 Å². The van der Waals surface area contributed by atoms with Crippen LogP contribution >= 0.6 is 11.6 Å². The molecular formula is C21H25ClN6O. The molecule has 1 aliphatic heterocycles. The summed E-state index contributed by atoms with van der Waals surface area (Å²) in [5.41, 5.74) is 2.06. The van der Waals surface area contributed by atoms with Crippen molar-refractivity contribution in [3.05, 3.63) is 46.9 Å². The number of piperazine rings is 1. The number of amides is 1. The number of anilines is 1. The average Bonchev–Trinajstić information content (AvgIpc) is 3.09. The van der Waals surface area contributed by atoms with E-state index in [2.05, 4.69) is 20.0 Å². The highest BCUT2D eigenvalue weighted by Gasteiger charge is 2.24. The van der Waals surface area contributed by atoms with Crippen LogP contribution in [0.4, 0.5) is 5.82 Å². The maximum absolute atomic E-state index is 12.6. The first-order valence-corrected chi connectivity index (χ1v) is 10.3. The Hall–Kier alpha value is -2.67. The van der Waals surface area contributed by atoms with Gasteiger partial charge >= 0.3 is 0 Å². The fraction of sp³-hybridized carbons (Fsp3) is 0.429. The highest BCUT2D eigenvalue weighted by atomic mass is 35.5. The second kappa shape index (κ2) is 8.37. The molecule has 0 atom stereocenters. The van der Waals surface area contributed by atoms with Crippen molar-refractivity contribution >= 4 is 34.4 Å². The van der Waals surface area contributed by atoms with Crippen LogP contribution in [0.25, 0.3) is 11.0 Å². The Morgan fingerprint density at radius 1 is 1.10 bits per heavy atom. The van der Waals surface area contributed by atoms with Crippen molar-refractivity contribution in [2.24, 2.45) is 7.05 Å². The van der Waals surface area contributed by atoms with Crippen LogP contribution in [-0.2, 0) is 18.3 Å². The molecule has 152 valence electrons. The number of halogens is 1. The molecule has 0 aliphatic carbocycles. The zero-order valence-electron chi connectivity index (χ0n) is 16.8. The Morgan fingerprint density at radius 2 is 1.83 bits per heavy atom. The Balaban J connectivity index is 1.32. The van der Waals surface area contributed by atoms with Gasteiger partial charge in [-0.1, -0.05) is 23.7 Å². The number of hydrogen-bond donors (Lipinski definition) is 0. The first kappa shape index (κ1) is 19.6. The number of aromatic nitrogens is 4. The Morgan fingerprint density at radius 3 is 2.55 bits per heavy atom. The van der Waals surface area contributed by atoms with Gasteiger partial charge in [-0.05, 0) is 37.5 Å². The van der Waals surface area contributed by atoms with Crippen LogP contribution in [-0.4, -0.2) is 56.7 Å². The van der Waals surface area contributed by atoms with E-state index >= 15 is 0 Å². The fourth-order valence-corrected chi connectivity index (χ4v) is 3.90. The molecule has 1 aromatic carbocycles. The van der Waals surface area contributed by atoms with Crippen molar-refractivity contribution in [3.63, 3.8) is 0 Å². The number of fused-ring (bicyclic) bond motifs is 1. The summed E-state index contributed by atoms with van der Waals surface area (Å²) in [4.78, 5) is 25.9. The van der Waals surface area contributed by atoms with Gasteiger partial charge in [0.05, 0.1) is 11.6 Å². The largest absolute Gasteiger partial charge is 0.352 e. The van der Waals surface area contributed by atoms with E-state index in [0.29, 0.717) is 19.5 Å². The van der Waals surface area contributed by atoms with Crippen molar-refractivity contribution in [2.75, 3.05) is 31.1 Å². The summed E-state index contributed by atoms with van der Waals surface area (Å²) in [6.45, 7) is 4.86. The summed E-state index contributed by atoms with van der Waals surface area (Å²) in [5, 5.41) is 6.01. The molecule has 1 aliphatic rings. The van der Waals surface area contributed by atoms with Crippen LogP contribution < -0.4 is 4.90 Å². The van der Waals surface area contributed by atoms with Gasteiger partial charge in [0, 0.05) is 44.7 Å². The normalized spacial score (nSPS) is 14.6. The second-order valence-corrected chi connectivity index (χ2v) is 7.88. The summed E-state index contributed by atoms with van der Waals surface area (Å²) in [7, 11) is 1.89. The molecule has 0 N–H and O–H groups in total. The van der Waals surface area contributed by atoms with Crippen LogP contribution in [0.3, 0.4) is 0 Å². The minimum atomic E-state index is 0.226. The van der Waals surface area contributed by atoms with Gasteiger partial charge in [-0.25, -0.2) is 9.97 Å². The van der Waals surface area contributed by atoms with Crippen molar-refractivity contribution in [2.45, 2.75) is 26.2 Å². The lowest BCUT2D eigenvalue weighted by Crippen LogP contribution is -2.49. The minimum Gasteiger partial charge on any atom is -0.352 e. The zero-order valence-corrected chi connectivity index (χ0v) is 17.6. The van der Waals surface area contributed by atoms with E-state index in [-0.39, 0.29) is 5.91 Å². The maximum atomic E-state index is 12.6. The minimum absolute atomic E-state index is 0.226. The number of aryl methyl sites for hydroxylation is 3. The molecule has 0 unspecified atom stereocenters. The Labute approximate surface area is 175 Å². The Bertz CT molecular complexity index is 1010. The number of hydrogen-bond acceptors (Lipinski definition) is 5. The molecule has 1 fully saturated rings. The fourth-order valence-electron chi connectivity index (χ4n) is 3.77. The molecule has 0 radical (unpaired) electrons. The van der Waals surface area contributed by atoms with E-state index in [1.807, 2.05) is 49.3 Å². The monoisotopic (exact) mass is 412 g/mol. The molecule has 3 heterocycles. The van der Waals surface area contributed by atoms with E-state index in [0.717, 1.165) is 53.6 Å². The smallest absolute Gasteiger partial charge is 0.222 e. The summed E-state index contributed by atoms with van der Waals surface area (Å²) < 4.78 is 1.77. The molecular weight excluding hydrogens is 388 g/mol. The van der Waals surface area contributed by atoms with Gasteiger partial charge in [0.1, 0.15) is 11.6 Å². The van der Waals surface area contributed by atoms with Gasteiger partial charge in [-0.15, -0.1) is 0 Å². The van der Waals surface area contributed by atoms with E-state index in [1.165, 1.54) is 5.56 Å². The van der Waals surface area contributed by atoms with Crippen LogP contribution in [0.15, 0.2) is 30.5 Å². The number of nitrogens with zero attached hydrogens (tertiary/aromatic N) is 6. The molecule has 1 saturated heterocycles. The predicted molar refractivity (Wildman–Crippen MR) is 114 cm³/mol. The van der Waals surface area contributed by atoms with Gasteiger partial charge in [0.25, 0.3) is 0 Å². The van der Waals surface area contributed by atoms with Gasteiger partial charge in [-0.2, -0.15) is 5.10 Å². The Kier molecular flexibility index (Phi) is 5.67. The first-order chi connectivity index (χ1) is 14.0. The van der Waals surface area contributed by atoms with Crippen LogP contribution in [0.1, 0.15) is 24.2 Å². The molecule has 29 heavy (non-hydrogen) atoms. The third-order valence-electron chi connectivity index (χ3n) is 5.39. The molecule has 0 spiro atoms. The molecule has 8 heteroatoms. The number of carbonyl (C=O) groups is 1. The summed E-state index contributed by atoms with van der Waals surface area (Å²) in [5.74, 6) is 1.87.